The lowest BCUT2D eigenvalue weighted by molar-refractivity contribution is -0.180. The zero-order chi connectivity index (χ0) is 18.4. The average Bonchev–Trinajstić information content (AvgIpc) is 2.59. The minimum absolute atomic E-state index is 0.0441. The van der Waals surface area contributed by atoms with Crippen LogP contribution in [0.1, 0.15) is 43.6 Å². The van der Waals surface area contributed by atoms with Gasteiger partial charge in [0.2, 0.25) is 5.79 Å². The van der Waals surface area contributed by atoms with Crippen LogP contribution in [0, 0.1) is 0 Å². The molecule has 1 aromatic carbocycles. The van der Waals surface area contributed by atoms with Crippen LogP contribution in [0.15, 0.2) is 54.7 Å². The summed E-state index contributed by atoms with van der Waals surface area (Å²) >= 11 is 0. The van der Waals surface area contributed by atoms with E-state index in [9.17, 15) is 4.79 Å². The highest BCUT2D eigenvalue weighted by atomic mass is 16.7. The summed E-state index contributed by atoms with van der Waals surface area (Å²) in [5.74, 6) is 0.194. The first-order chi connectivity index (χ1) is 11.9. The van der Waals surface area contributed by atoms with E-state index in [1.54, 1.807) is 6.08 Å². The molecule has 0 amide bonds. The van der Waals surface area contributed by atoms with Crippen LogP contribution in [0.5, 0.6) is 5.75 Å². The van der Waals surface area contributed by atoms with Gasteiger partial charge in [-0.05, 0) is 37.6 Å². The van der Waals surface area contributed by atoms with Crippen molar-refractivity contribution in [1.29, 1.82) is 0 Å². The lowest BCUT2D eigenvalue weighted by Gasteiger charge is -2.32. The van der Waals surface area contributed by atoms with Crippen LogP contribution in [0.25, 0.3) is 0 Å². The summed E-state index contributed by atoms with van der Waals surface area (Å²) in [5.41, 5.74) is 2.68. The lowest BCUT2D eigenvalue weighted by Crippen LogP contribution is -2.35. The van der Waals surface area contributed by atoms with Gasteiger partial charge < -0.3 is 14.8 Å². The van der Waals surface area contributed by atoms with Crippen LogP contribution in [0.4, 0.5) is 0 Å². The fourth-order valence-corrected chi connectivity index (χ4v) is 2.65. The SMILES string of the molecule is C=C/C=C\C(=C/C)C(C)NCC(=O)c1ccc2c(c1)COC(C)(C)O2. The first-order valence-corrected chi connectivity index (χ1v) is 8.54. The quantitative estimate of drug-likeness (QED) is 0.597. The number of nitrogens with one attached hydrogen (secondary N) is 1. The lowest BCUT2D eigenvalue weighted by atomic mass is 10.0. The molecule has 0 aliphatic carbocycles. The summed E-state index contributed by atoms with van der Waals surface area (Å²) in [6.07, 6.45) is 7.64. The van der Waals surface area contributed by atoms with E-state index in [0.29, 0.717) is 12.2 Å². The van der Waals surface area contributed by atoms with Crippen LogP contribution in [0.3, 0.4) is 0 Å². The second kappa shape index (κ2) is 8.28. The molecule has 0 saturated heterocycles. The third kappa shape index (κ3) is 5.15. The van der Waals surface area contributed by atoms with Crippen LogP contribution < -0.4 is 10.1 Å². The number of hydrogen-bond acceptors (Lipinski definition) is 4. The van der Waals surface area contributed by atoms with Gasteiger partial charge in [-0.15, -0.1) is 0 Å². The topological polar surface area (TPSA) is 47.6 Å². The molecular weight excluding hydrogens is 314 g/mol. The van der Waals surface area contributed by atoms with Gasteiger partial charge in [0.25, 0.3) is 0 Å². The molecule has 0 saturated carbocycles. The van der Waals surface area contributed by atoms with Crippen molar-refractivity contribution < 1.29 is 14.3 Å². The van der Waals surface area contributed by atoms with E-state index in [-0.39, 0.29) is 18.4 Å². The van der Waals surface area contributed by atoms with Crippen LogP contribution in [-0.4, -0.2) is 24.2 Å². The minimum atomic E-state index is -0.628. The second-order valence-electron chi connectivity index (χ2n) is 6.52. The molecule has 0 spiro atoms. The van der Waals surface area contributed by atoms with Gasteiger partial charge in [0.15, 0.2) is 5.78 Å². The molecule has 1 aliphatic heterocycles. The molecule has 134 valence electrons. The summed E-state index contributed by atoms with van der Waals surface area (Å²) in [7, 11) is 0. The van der Waals surface area contributed by atoms with Crippen LogP contribution in [0.2, 0.25) is 0 Å². The Hall–Kier alpha value is -2.17. The highest BCUT2D eigenvalue weighted by molar-refractivity contribution is 5.98. The normalized spacial score (nSPS) is 17.7. The molecule has 2 rings (SSSR count). The van der Waals surface area contributed by atoms with Gasteiger partial charge >= 0.3 is 0 Å². The molecule has 1 aromatic rings. The Kier molecular flexibility index (Phi) is 6.34. The number of hydrogen-bond donors (Lipinski definition) is 1. The standard InChI is InChI=1S/C21H27NO3/c1-6-8-9-16(7-2)15(3)22-13-19(23)17-10-11-20-18(12-17)14-24-21(4,5)25-20/h6-12,15,22H,1,13-14H2,2-5H3/b9-8-,16-7+. The number of fused-ring (bicyclic) bond motifs is 1. The zero-order valence-corrected chi connectivity index (χ0v) is 15.5. The van der Waals surface area contributed by atoms with E-state index in [1.807, 2.05) is 64.1 Å². The molecule has 0 fully saturated rings. The van der Waals surface area contributed by atoms with Gasteiger partial charge in [0.05, 0.1) is 13.2 Å². The summed E-state index contributed by atoms with van der Waals surface area (Å²) < 4.78 is 11.4. The molecule has 1 unspecified atom stereocenters. The largest absolute Gasteiger partial charge is 0.463 e. The van der Waals surface area contributed by atoms with E-state index in [0.717, 1.165) is 16.9 Å². The molecule has 4 heteroatoms. The fraction of sp³-hybridized carbons (Fsp3) is 0.381. The maximum atomic E-state index is 12.5. The zero-order valence-electron chi connectivity index (χ0n) is 15.5. The van der Waals surface area contributed by atoms with Crippen molar-refractivity contribution in [3.63, 3.8) is 0 Å². The van der Waals surface area contributed by atoms with Crippen molar-refractivity contribution in [3.05, 3.63) is 65.8 Å². The predicted molar refractivity (Wildman–Crippen MR) is 101 cm³/mol. The van der Waals surface area contributed by atoms with E-state index >= 15 is 0 Å². The Labute approximate surface area is 150 Å². The molecule has 25 heavy (non-hydrogen) atoms. The maximum absolute atomic E-state index is 12.5. The van der Waals surface area contributed by atoms with Crippen molar-refractivity contribution in [2.45, 2.75) is 46.1 Å². The number of benzene rings is 1. The smallest absolute Gasteiger partial charge is 0.205 e. The molecule has 1 aliphatic rings. The molecule has 1 N–H and O–H groups in total. The van der Waals surface area contributed by atoms with Gasteiger partial charge in [-0.2, -0.15) is 0 Å². The van der Waals surface area contributed by atoms with Crippen molar-refractivity contribution in [3.8, 4) is 5.75 Å². The van der Waals surface area contributed by atoms with Crippen molar-refractivity contribution in [2.24, 2.45) is 0 Å². The summed E-state index contributed by atoms with van der Waals surface area (Å²) in [5, 5.41) is 3.27. The first kappa shape index (κ1) is 19.2. The van der Waals surface area contributed by atoms with Gasteiger partial charge in [-0.25, -0.2) is 0 Å². The third-order valence-corrected chi connectivity index (χ3v) is 4.14. The fourth-order valence-electron chi connectivity index (χ4n) is 2.65. The van der Waals surface area contributed by atoms with Crippen molar-refractivity contribution in [1.82, 2.24) is 5.32 Å². The summed E-state index contributed by atoms with van der Waals surface area (Å²) in [6.45, 7) is 12.2. The number of ether oxygens (including phenoxy) is 2. The van der Waals surface area contributed by atoms with Crippen LogP contribution >= 0.6 is 0 Å². The molecular formula is C21H27NO3. The highest BCUT2D eigenvalue weighted by Crippen LogP contribution is 2.31. The number of Topliss-reactive ketones (excluding diaryl/α,β-unsaturated/α-hetero) is 1. The molecule has 4 nitrogen and oxygen atoms in total. The number of allylic oxidation sites excluding steroid dienone is 3. The molecule has 0 radical (unpaired) electrons. The van der Waals surface area contributed by atoms with E-state index in [1.165, 1.54) is 0 Å². The Morgan fingerprint density at radius 3 is 2.88 bits per heavy atom. The maximum Gasteiger partial charge on any atom is 0.205 e. The monoisotopic (exact) mass is 341 g/mol. The Balaban J connectivity index is 2.00. The first-order valence-electron chi connectivity index (χ1n) is 8.54. The van der Waals surface area contributed by atoms with Gasteiger partial charge in [0, 0.05) is 31.0 Å². The Morgan fingerprint density at radius 2 is 2.20 bits per heavy atom. The minimum Gasteiger partial charge on any atom is -0.463 e. The molecule has 0 aromatic heterocycles. The Bertz CT molecular complexity index is 701. The predicted octanol–water partition coefficient (Wildman–Crippen LogP) is 4.18. The Morgan fingerprint density at radius 1 is 1.44 bits per heavy atom. The van der Waals surface area contributed by atoms with Gasteiger partial charge in [-0.3, -0.25) is 4.79 Å². The molecule has 1 heterocycles. The summed E-state index contributed by atoms with van der Waals surface area (Å²) in [4.78, 5) is 12.5. The summed E-state index contributed by atoms with van der Waals surface area (Å²) in [6, 6.07) is 5.59. The highest BCUT2D eigenvalue weighted by Gasteiger charge is 2.27. The van der Waals surface area contributed by atoms with Crippen molar-refractivity contribution >= 4 is 5.78 Å². The van der Waals surface area contributed by atoms with E-state index < -0.39 is 5.79 Å². The number of carbonyl (C=O) groups is 1. The van der Waals surface area contributed by atoms with E-state index in [4.69, 9.17) is 9.47 Å². The second-order valence-corrected chi connectivity index (χ2v) is 6.52. The van der Waals surface area contributed by atoms with Gasteiger partial charge in [-0.1, -0.05) is 30.9 Å². The third-order valence-electron chi connectivity index (χ3n) is 4.14. The number of ketones is 1. The van der Waals surface area contributed by atoms with Crippen LogP contribution in [-0.2, 0) is 11.3 Å². The van der Waals surface area contributed by atoms with Crippen molar-refractivity contribution in [2.75, 3.05) is 6.54 Å². The molecule has 1 atom stereocenters. The number of carbonyl (C=O) groups excluding carboxylic acids is 1. The average molecular weight is 341 g/mol. The van der Waals surface area contributed by atoms with E-state index in [2.05, 4.69) is 11.9 Å². The molecule has 0 bridgehead atoms. The number of rotatable bonds is 7. The van der Waals surface area contributed by atoms with Gasteiger partial charge in [0.1, 0.15) is 5.75 Å².